The summed E-state index contributed by atoms with van der Waals surface area (Å²) < 4.78 is 2.55. The average molecular weight is 516 g/mol. The maximum absolute atomic E-state index is 12.9. The molecule has 1 aliphatic carbocycles. The van der Waals surface area contributed by atoms with E-state index in [1.54, 1.807) is 0 Å². The van der Waals surface area contributed by atoms with Gasteiger partial charge in [-0.1, -0.05) is 37.5 Å². The standard InChI is InChI=1S/C30H37N5OS/c1-20-10-9-11-23(18-20)32-27(36)15-17-34-29(28(33-30(34)37)26-14-7-8-16-31-26)25-19-21(2)35(22(25)3)24-12-5-4-6-13-24/h7-11,14,16,18-19,24,28-29H,4-6,12-13,15,17H2,1-3H3,(H,32,36)(H,33,37)/t28-,29-/m1/s1. The van der Waals surface area contributed by atoms with Crippen LogP contribution in [-0.4, -0.2) is 32.0 Å². The van der Waals surface area contributed by atoms with Crippen molar-refractivity contribution in [1.29, 1.82) is 0 Å². The number of hydrogen-bond acceptors (Lipinski definition) is 3. The molecule has 3 heterocycles. The Labute approximate surface area is 225 Å². The van der Waals surface area contributed by atoms with E-state index in [4.69, 9.17) is 12.2 Å². The highest BCUT2D eigenvalue weighted by atomic mass is 32.1. The summed E-state index contributed by atoms with van der Waals surface area (Å²) in [4.78, 5) is 19.8. The lowest BCUT2D eigenvalue weighted by Crippen LogP contribution is -2.33. The lowest BCUT2D eigenvalue weighted by molar-refractivity contribution is -0.116. The summed E-state index contributed by atoms with van der Waals surface area (Å²) >= 11 is 5.85. The van der Waals surface area contributed by atoms with Gasteiger partial charge in [0.05, 0.1) is 17.8 Å². The van der Waals surface area contributed by atoms with E-state index in [1.165, 1.54) is 49.1 Å². The zero-order valence-electron chi connectivity index (χ0n) is 22.0. The first kappa shape index (κ1) is 25.5. The molecular weight excluding hydrogens is 478 g/mol. The Morgan fingerprint density at radius 2 is 1.89 bits per heavy atom. The second kappa shape index (κ2) is 11.1. The van der Waals surface area contributed by atoms with Crippen LogP contribution in [0, 0.1) is 20.8 Å². The van der Waals surface area contributed by atoms with Crippen molar-refractivity contribution in [2.24, 2.45) is 0 Å². The molecule has 194 valence electrons. The lowest BCUT2D eigenvalue weighted by atomic mass is 9.94. The van der Waals surface area contributed by atoms with Crippen LogP contribution in [0.15, 0.2) is 54.7 Å². The number of benzene rings is 1. The maximum atomic E-state index is 12.9. The first-order chi connectivity index (χ1) is 17.9. The molecule has 0 spiro atoms. The SMILES string of the molecule is Cc1cccc(NC(=O)CCN2C(=S)N[C@H](c3ccccn3)[C@H]2c2cc(C)n(C3CCCCC3)c2C)c1. The van der Waals surface area contributed by atoms with Gasteiger partial charge in [0, 0.05) is 42.3 Å². The molecule has 5 rings (SSSR count). The first-order valence-corrected chi connectivity index (χ1v) is 13.9. The number of nitrogens with one attached hydrogen (secondary N) is 2. The van der Waals surface area contributed by atoms with Crippen molar-refractivity contribution in [2.75, 3.05) is 11.9 Å². The molecule has 1 saturated heterocycles. The number of carbonyl (C=O) groups is 1. The van der Waals surface area contributed by atoms with Crippen LogP contribution in [0.2, 0.25) is 0 Å². The van der Waals surface area contributed by atoms with Crippen LogP contribution in [0.3, 0.4) is 0 Å². The van der Waals surface area contributed by atoms with Gasteiger partial charge in [-0.15, -0.1) is 0 Å². The second-order valence-corrected chi connectivity index (χ2v) is 10.9. The molecule has 7 heteroatoms. The third-order valence-corrected chi connectivity index (χ3v) is 8.21. The highest BCUT2D eigenvalue weighted by molar-refractivity contribution is 7.80. The lowest BCUT2D eigenvalue weighted by Gasteiger charge is -2.29. The van der Waals surface area contributed by atoms with Crippen LogP contribution < -0.4 is 10.6 Å². The van der Waals surface area contributed by atoms with Gasteiger partial charge in [-0.3, -0.25) is 9.78 Å². The molecule has 2 aliphatic rings. The Hall–Kier alpha value is -3.19. The molecule has 0 radical (unpaired) electrons. The molecule has 2 N–H and O–H groups in total. The molecule has 1 saturated carbocycles. The van der Waals surface area contributed by atoms with Crippen LogP contribution in [0.4, 0.5) is 5.69 Å². The van der Waals surface area contributed by atoms with Gasteiger partial charge in [0.2, 0.25) is 5.91 Å². The van der Waals surface area contributed by atoms with E-state index in [1.807, 2.05) is 49.5 Å². The molecule has 3 aromatic rings. The normalized spacial score (nSPS) is 20.2. The summed E-state index contributed by atoms with van der Waals surface area (Å²) in [7, 11) is 0. The third kappa shape index (κ3) is 5.42. The Bertz CT molecular complexity index is 1260. The molecule has 2 fully saturated rings. The first-order valence-electron chi connectivity index (χ1n) is 13.5. The smallest absolute Gasteiger partial charge is 0.226 e. The molecule has 2 aromatic heterocycles. The van der Waals surface area contributed by atoms with E-state index in [-0.39, 0.29) is 18.0 Å². The minimum absolute atomic E-state index is 0.0129. The van der Waals surface area contributed by atoms with E-state index in [0.717, 1.165) is 16.9 Å². The number of thiocarbonyl (C=S) groups is 1. The minimum atomic E-state index is -0.0751. The quantitative estimate of drug-likeness (QED) is 0.361. The molecule has 37 heavy (non-hydrogen) atoms. The van der Waals surface area contributed by atoms with Gasteiger partial charge >= 0.3 is 0 Å². The van der Waals surface area contributed by atoms with Crippen molar-refractivity contribution in [2.45, 2.75) is 77.4 Å². The number of rotatable bonds is 7. The predicted molar refractivity (Wildman–Crippen MR) is 153 cm³/mol. The summed E-state index contributed by atoms with van der Waals surface area (Å²) in [5.41, 5.74) is 6.78. The second-order valence-electron chi connectivity index (χ2n) is 10.5. The van der Waals surface area contributed by atoms with Crippen LogP contribution in [0.1, 0.15) is 84.9 Å². The number of pyridine rings is 1. The number of aryl methyl sites for hydroxylation is 2. The Balaban J connectivity index is 1.43. The van der Waals surface area contributed by atoms with Gasteiger partial charge in [-0.05, 0) is 87.3 Å². The van der Waals surface area contributed by atoms with Crippen molar-refractivity contribution < 1.29 is 4.79 Å². The summed E-state index contributed by atoms with van der Waals surface area (Å²) in [6.45, 7) is 7.03. The number of anilines is 1. The van der Waals surface area contributed by atoms with E-state index in [2.05, 4.69) is 51.1 Å². The molecule has 0 bridgehead atoms. The van der Waals surface area contributed by atoms with Gasteiger partial charge in [-0.25, -0.2) is 0 Å². The van der Waals surface area contributed by atoms with E-state index >= 15 is 0 Å². The minimum Gasteiger partial charge on any atom is -0.352 e. The Morgan fingerprint density at radius 1 is 1.08 bits per heavy atom. The third-order valence-electron chi connectivity index (χ3n) is 7.86. The topological polar surface area (TPSA) is 62.2 Å². The predicted octanol–water partition coefficient (Wildman–Crippen LogP) is 6.31. The molecular formula is C30H37N5OS. The van der Waals surface area contributed by atoms with Gasteiger partial charge in [0.15, 0.2) is 5.11 Å². The van der Waals surface area contributed by atoms with Crippen molar-refractivity contribution in [1.82, 2.24) is 19.8 Å². The fourth-order valence-electron chi connectivity index (χ4n) is 6.16. The summed E-state index contributed by atoms with van der Waals surface area (Å²) in [5, 5.41) is 7.25. The summed E-state index contributed by atoms with van der Waals surface area (Å²) in [5.74, 6) is -0.0129. The Kier molecular flexibility index (Phi) is 7.60. The Morgan fingerprint density at radius 3 is 2.62 bits per heavy atom. The summed E-state index contributed by atoms with van der Waals surface area (Å²) in [6, 6.07) is 16.7. The zero-order valence-corrected chi connectivity index (χ0v) is 22.9. The van der Waals surface area contributed by atoms with Gasteiger partial charge < -0.3 is 20.1 Å². The van der Waals surface area contributed by atoms with Crippen molar-refractivity contribution >= 4 is 28.9 Å². The van der Waals surface area contributed by atoms with Crippen LogP contribution in [-0.2, 0) is 4.79 Å². The largest absolute Gasteiger partial charge is 0.352 e. The molecule has 1 aromatic carbocycles. The maximum Gasteiger partial charge on any atom is 0.226 e. The highest BCUT2D eigenvalue weighted by Crippen LogP contribution is 2.42. The molecule has 1 aliphatic heterocycles. The fraction of sp³-hybridized carbons (Fsp3) is 0.433. The molecule has 2 atom stereocenters. The van der Waals surface area contributed by atoms with Crippen LogP contribution in [0.5, 0.6) is 0 Å². The van der Waals surface area contributed by atoms with Gasteiger partial charge in [0.1, 0.15) is 0 Å². The zero-order chi connectivity index (χ0) is 25.9. The van der Waals surface area contributed by atoms with E-state index < -0.39 is 0 Å². The molecule has 6 nitrogen and oxygen atoms in total. The fourth-order valence-corrected chi connectivity index (χ4v) is 6.49. The van der Waals surface area contributed by atoms with E-state index in [9.17, 15) is 4.79 Å². The van der Waals surface area contributed by atoms with Crippen molar-refractivity contribution in [3.8, 4) is 0 Å². The summed E-state index contributed by atoms with van der Waals surface area (Å²) in [6.07, 6.45) is 8.59. The van der Waals surface area contributed by atoms with E-state index in [0.29, 0.717) is 24.1 Å². The van der Waals surface area contributed by atoms with Crippen molar-refractivity contribution in [3.05, 3.63) is 82.9 Å². The van der Waals surface area contributed by atoms with Gasteiger partial charge in [0.25, 0.3) is 0 Å². The average Bonchev–Trinajstić information content (AvgIpc) is 3.38. The number of aromatic nitrogens is 2. The van der Waals surface area contributed by atoms with Crippen molar-refractivity contribution in [3.63, 3.8) is 0 Å². The highest BCUT2D eigenvalue weighted by Gasteiger charge is 2.41. The number of amides is 1. The van der Waals surface area contributed by atoms with Gasteiger partial charge in [-0.2, -0.15) is 0 Å². The van der Waals surface area contributed by atoms with Crippen LogP contribution >= 0.6 is 12.2 Å². The van der Waals surface area contributed by atoms with Crippen LogP contribution in [0.25, 0.3) is 0 Å². The monoisotopic (exact) mass is 515 g/mol. The number of carbonyl (C=O) groups excluding carboxylic acids is 1. The number of nitrogens with zero attached hydrogens (tertiary/aromatic N) is 3. The number of hydrogen-bond donors (Lipinski definition) is 2. The molecule has 1 amide bonds. The molecule has 0 unspecified atom stereocenters.